The third-order valence-electron chi connectivity index (χ3n) is 4.01. The predicted octanol–water partition coefficient (Wildman–Crippen LogP) is 1.97. The van der Waals surface area contributed by atoms with Crippen molar-refractivity contribution in [2.24, 2.45) is 0 Å². The van der Waals surface area contributed by atoms with Gasteiger partial charge in [0.1, 0.15) is 0 Å². The van der Waals surface area contributed by atoms with E-state index in [0.29, 0.717) is 0 Å². The summed E-state index contributed by atoms with van der Waals surface area (Å²) in [6.07, 6.45) is 9.53. The molecule has 2 N–H and O–H groups in total. The van der Waals surface area contributed by atoms with Crippen LogP contribution in [0.3, 0.4) is 0 Å². The average molecular weight is 224 g/mol. The molecular formula is C13H24N2O. The highest BCUT2D eigenvalue weighted by molar-refractivity contribution is 5.82. The van der Waals surface area contributed by atoms with Gasteiger partial charge in [0.2, 0.25) is 5.91 Å². The lowest BCUT2D eigenvalue weighted by Gasteiger charge is -2.36. The van der Waals surface area contributed by atoms with Gasteiger partial charge in [0, 0.05) is 5.54 Å². The van der Waals surface area contributed by atoms with Crippen molar-refractivity contribution < 1.29 is 4.79 Å². The lowest BCUT2D eigenvalue weighted by Crippen LogP contribution is -2.55. The molecule has 0 aromatic carbocycles. The van der Waals surface area contributed by atoms with E-state index in [2.05, 4.69) is 17.6 Å². The Balaban J connectivity index is 1.85. The van der Waals surface area contributed by atoms with E-state index in [4.69, 9.17) is 0 Å². The second-order valence-electron chi connectivity index (χ2n) is 5.61. The van der Waals surface area contributed by atoms with Gasteiger partial charge in [0.15, 0.2) is 0 Å². The van der Waals surface area contributed by atoms with Crippen molar-refractivity contribution in [3.05, 3.63) is 0 Å². The number of hydrogen-bond acceptors (Lipinski definition) is 2. The first-order valence-corrected chi connectivity index (χ1v) is 6.75. The molecule has 16 heavy (non-hydrogen) atoms. The van der Waals surface area contributed by atoms with E-state index in [9.17, 15) is 4.79 Å². The minimum atomic E-state index is 0.0625. The molecule has 1 heterocycles. The Hall–Kier alpha value is -0.570. The van der Waals surface area contributed by atoms with Crippen LogP contribution in [0.4, 0.5) is 0 Å². The van der Waals surface area contributed by atoms with E-state index >= 15 is 0 Å². The number of nitrogens with one attached hydrogen (secondary N) is 2. The SMILES string of the molecule is CC1(NC(=O)[C@@H]2CCCCN2)CCCCC1. The smallest absolute Gasteiger partial charge is 0.237 e. The minimum Gasteiger partial charge on any atom is -0.350 e. The molecule has 0 aromatic heterocycles. The van der Waals surface area contributed by atoms with Crippen molar-refractivity contribution in [3.63, 3.8) is 0 Å². The fourth-order valence-electron chi connectivity index (χ4n) is 2.92. The fraction of sp³-hybridized carbons (Fsp3) is 0.923. The Labute approximate surface area is 98.4 Å². The van der Waals surface area contributed by atoms with Crippen LogP contribution in [0.25, 0.3) is 0 Å². The van der Waals surface area contributed by atoms with Gasteiger partial charge in [-0.1, -0.05) is 25.7 Å². The van der Waals surface area contributed by atoms with Crippen molar-refractivity contribution in [3.8, 4) is 0 Å². The predicted molar refractivity (Wildman–Crippen MR) is 65.3 cm³/mol. The largest absolute Gasteiger partial charge is 0.350 e. The lowest BCUT2D eigenvalue weighted by molar-refractivity contribution is -0.125. The second-order valence-corrected chi connectivity index (χ2v) is 5.61. The summed E-state index contributed by atoms with van der Waals surface area (Å²) in [4.78, 5) is 12.1. The van der Waals surface area contributed by atoms with E-state index in [1.165, 1.54) is 32.1 Å². The standard InChI is InChI=1S/C13H24N2O/c1-13(8-4-2-5-9-13)15-12(16)11-7-3-6-10-14-11/h11,14H,2-10H2,1H3,(H,15,16)/t11-/m0/s1. The summed E-state index contributed by atoms with van der Waals surface area (Å²) in [6.45, 7) is 3.20. The van der Waals surface area contributed by atoms with Crippen molar-refractivity contribution in [2.45, 2.75) is 69.9 Å². The summed E-state index contributed by atoms with van der Waals surface area (Å²) in [5.41, 5.74) is 0.0639. The Morgan fingerprint density at radius 1 is 1.19 bits per heavy atom. The average Bonchev–Trinajstić information content (AvgIpc) is 2.30. The first-order valence-electron chi connectivity index (χ1n) is 6.75. The number of carbonyl (C=O) groups is 1. The van der Waals surface area contributed by atoms with Gasteiger partial charge in [0.05, 0.1) is 6.04 Å². The molecule has 3 nitrogen and oxygen atoms in total. The number of rotatable bonds is 2. The van der Waals surface area contributed by atoms with Crippen LogP contribution in [0.5, 0.6) is 0 Å². The van der Waals surface area contributed by atoms with Crippen molar-refractivity contribution in [2.75, 3.05) is 6.54 Å². The molecule has 1 aliphatic carbocycles. The quantitative estimate of drug-likeness (QED) is 0.753. The summed E-state index contributed by atoms with van der Waals surface area (Å²) in [5.74, 6) is 0.226. The molecule has 1 saturated heterocycles. The number of carbonyl (C=O) groups excluding carboxylic acids is 1. The van der Waals surface area contributed by atoms with Crippen LogP contribution in [-0.4, -0.2) is 24.0 Å². The summed E-state index contributed by atoms with van der Waals surface area (Å²) in [7, 11) is 0. The van der Waals surface area contributed by atoms with Crippen LogP contribution in [0.1, 0.15) is 58.3 Å². The van der Waals surface area contributed by atoms with Gasteiger partial charge in [0.25, 0.3) is 0 Å². The van der Waals surface area contributed by atoms with Crippen molar-refractivity contribution in [1.82, 2.24) is 10.6 Å². The van der Waals surface area contributed by atoms with Gasteiger partial charge in [-0.15, -0.1) is 0 Å². The van der Waals surface area contributed by atoms with E-state index < -0.39 is 0 Å². The van der Waals surface area contributed by atoms with E-state index in [0.717, 1.165) is 25.8 Å². The summed E-state index contributed by atoms with van der Waals surface area (Å²) < 4.78 is 0. The molecule has 1 atom stereocenters. The highest BCUT2D eigenvalue weighted by atomic mass is 16.2. The van der Waals surface area contributed by atoms with Gasteiger partial charge >= 0.3 is 0 Å². The molecule has 1 saturated carbocycles. The van der Waals surface area contributed by atoms with Gasteiger partial charge in [-0.2, -0.15) is 0 Å². The maximum absolute atomic E-state index is 12.1. The number of hydrogen-bond donors (Lipinski definition) is 2. The Bertz CT molecular complexity index is 240. The van der Waals surface area contributed by atoms with Gasteiger partial charge in [-0.25, -0.2) is 0 Å². The van der Waals surface area contributed by atoms with Crippen LogP contribution in [0.15, 0.2) is 0 Å². The van der Waals surface area contributed by atoms with Gasteiger partial charge in [-0.05, 0) is 39.2 Å². The molecule has 2 aliphatic rings. The van der Waals surface area contributed by atoms with Crippen LogP contribution in [-0.2, 0) is 4.79 Å². The molecule has 0 bridgehead atoms. The molecule has 2 rings (SSSR count). The van der Waals surface area contributed by atoms with Crippen LogP contribution >= 0.6 is 0 Å². The number of piperidine rings is 1. The van der Waals surface area contributed by atoms with E-state index in [1.807, 2.05) is 0 Å². The second kappa shape index (κ2) is 5.17. The Kier molecular flexibility index (Phi) is 3.85. The minimum absolute atomic E-state index is 0.0625. The van der Waals surface area contributed by atoms with Crippen LogP contribution < -0.4 is 10.6 Å². The maximum atomic E-state index is 12.1. The molecule has 1 amide bonds. The first kappa shape index (κ1) is 11.9. The Morgan fingerprint density at radius 2 is 1.94 bits per heavy atom. The summed E-state index contributed by atoms with van der Waals surface area (Å²) in [6, 6.07) is 0.0625. The summed E-state index contributed by atoms with van der Waals surface area (Å²) in [5, 5.41) is 6.58. The van der Waals surface area contributed by atoms with E-state index in [-0.39, 0.29) is 17.5 Å². The third kappa shape index (κ3) is 2.97. The zero-order chi connectivity index (χ0) is 11.4. The fourth-order valence-corrected chi connectivity index (χ4v) is 2.92. The molecular weight excluding hydrogens is 200 g/mol. The normalized spacial score (nSPS) is 29.7. The summed E-state index contributed by atoms with van der Waals surface area (Å²) >= 11 is 0. The number of amides is 1. The van der Waals surface area contributed by atoms with Gasteiger partial charge in [-0.3, -0.25) is 4.79 Å². The highest BCUT2D eigenvalue weighted by Crippen LogP contribution is 2.27. The monoisotopic (exact) mass is 224 g/mol. The molecule has 0 unspecified atom stereocenters. The highest BCUT2D eigenvalue weighted by Gasteiger charge is 2.31. The zero-order valence-corrected chi connectivity index (χ0v) is 10.3. The van der Waals surface area contributed by atoms with Crippen molar-refractivity contribution in [1.29, 1.82) is 0 Å². The lowest BCUT2D eigenvalue weighted by atomic mass is 9.83. The molecule has 3 heteroatoms. The van der Waals surface area contributed by atoms with Crippen molar-refractivity contribution >= 4 is 5.91 Å². The molecule has 92 valence electrons. The zero-order valence-electron chi connectivity index (χ0n) is 10.3. The molecule has 0 radical (unpaired) electrons. The van der Waals surface area contributed by atoms with Crippen LogP contribution in [0.2, 0.25) is 0 Å². The molecule has 1 aliphatic heterocycles. The molecule has 2 fully saturated rings. The maximum Gasteiger partial charge on any atom is 0.237 e. The van der Waals surface area contributed by atoms with E-state index in [1.54, 1.807) is 0 Å². The molecule has 0 spiro atoms. The van der Waals surface area contributed by atoms with Gasteiger partial charge < -0.3 is 10.6 Å². The first-order chi connectivity index (χ1) is 7.70. The molecule has 0 aromatic rings. The topological polar surface area (TPSA) is 41.1 Å². The Morgan fingerprint density at radius 3 is 2.56 bits per heavy atom. The third-order valence-corrected chi connectivity index (χ3v) is 4.01. The van der Waals surface area contributed by atoms with Crippen LogP contribution in [0, 0.1) is 0 Å².